The summed E-state index contributed by atoms with van der Waals surface area (Å²) in [5, 5.41) is 58.2. The highest BCUT2D eigenvalue weighted by Gasteiger charge is 2.48. The van der Waals surface area contributed by atoms with E-state index in [0.717, 1.165) is 59.4 Å². The highest BCUT2D eigenvalue weighted by Crippen LogP contribution is 2.32. The van der Waals surface area contributed by atoms with Crippen molar-refractivity contribution in [3.05, 3.63) is 121 Å². The second kappa shape index (κ2) is 30.4. The summed E-state index contributed by atoms with van der Waals surface area (Å²) in [6.45, 7) is 2.36. The van der Waals surface area contributed by atoms with Crippen molar-refractivity contribution >= 4 is 46.9 Å². The van der Waals surface area contributed by atoms with E-state index in [1.54, 1.807) is 16.8 Å². The Bertz CT molecular complexity index is 2850. The van der Waals surface area contributed by atoms with Crippen LogP contribution in [0.4, 0.5) is 11.4 Å². The molecule has 1 fully saturated rings. The van der Waals surface area contributed by atoms with E-state index in [0.29, 0.717) is 30.8 Å². The van der Waals surface area contributed by atoms with Crippen molar-refractivity contribution in [2.45, 2.75) is 95.2 Å². The molecule has 2 aromatic heterocycles. The van der Waals surface area contributed by atoms with Crippen LogP contribution in [0.15, 0.2) is 116 Å². The first-order chi connectivity index (χ1) is 38.3. The minimum atomic E-state index is -1.94. The Labute approximate surface area is 456 Å². The number of aliphatic hydroxyl groups is 3. The number of ether oxygens (including phenoxy) is 5. The smallest absolute Gasteiger partial charge is 0.335 e. The molecule has 1 saturated heterocycles. The third-order valence-electron chi connectivity index (χ3n) is 12.8. The largest absolute Gasteiger partial charge is 0.479 e. The number of rotatable bonds is 32. The van der Waals surface area contributed by atoms with Gasteiger partial charge in [-0.1, -0.05) is 73.0 Å². The van der Waals surface area contributed by atoms with Gasteiger partial charge < -0.3 is 60.1 Å². The molecular weight excluding hydrogens is 1020 g/mol. The minimum Gasteiger partial charge on any atom is -0.479 e. The average Bonchev–Trinajstić information content (AvgIpc) is 4.12. The van der Waals surface area contributed by atoms with Crippen LogP contribution in [0.3, 0.4) is 0 Å². The number of carboxylic acid groups (broad SMARTS) is 1. The van der Waals surface area contributed by atoms with E-state index in [1.165, 1.54) is 18.2 Å². The predicted octanol–water partition coefficient (Wildman–Crippen LogP) is 3.01. The standard InChI is InChI=1S/C56H66N8O15/c65-46(23-28-75-30-32-77-33-31-76-29-27-64-49(68)20-21-50(64)69)57-24-22-48(67)59-43-34-38(18-19-45(43)78-56-53(72)51(70)52(71)54(79-56)55(73)74)35-62-25-11-14-40(36-62)44-37-63(61-60-44)26-10-3-1-2-7-17-47(66)58-42-16-9-8-15-41(42)39-12-5-4-6-13-39/h4-6,8-9,11-16,18-21,25,34,36-37,51-54,56,70-72H,1-3,7,10,17,22-24,26-33,35H2,(H3-,57,58,59,65,66,67,73,74)/p+1/t51-,52-,53+,54-,56+/m0/s1. The van der Waals surface area contributed by atoms with Gasteiger partial charge in [-0.25, -0.2) is 9.36 Å². The summed E-state index contributed by atoms with van der Waals surface area (Å²) in [5.41, 5.74) is 5.09. The molecule has 0 spiro atoms. The van der Waals surface area contributed by atoms with Crippen molar-refractivity contribution in [3.8, 4) is 28.1 Å². The molecule has 79 heavy (non-hydrogen) atoms. The molecule has 0 aliphatic carbocycles. The van der Waals surface area contributed by atoms with Gasteiger partial charge in [-0.2, -0.15) is 0 Å². The van der Waals surface area contributed by atoms with Crippen LogP contribution in [0.1, 0.15) is 56.9 Å². The number of amides is 5. The van der Waals surface area contributed by atoms with Gasteiger partial charge in [-0.05, 0) is 48.7 Å². The fourth-order valence-corrected chi connectivity index (χ4v) is 8.57. The zero-order valence-corrected chi connectivity index (χ0v) is 43.6. The molecule has 3 aromatic carbocycles. The second-order valence-corrected chi connectivity index (χ2v) is 18.7. The first-order valence-electron chi connectivity index (χ1n) is 26.2. The number of unbranched alkanes of at least 4 members (excludes halogenated alkanes) is 4. The van der Waals surface area contributed by atoms with Crippen LogP contribution in [-0.4, -0.2) is 159 Å². The number of imide groups is 1. The number of pyridine rings is 1. The lowest BCUT2D eigenvalue weighted by atomic mass is 9.99. The van der Waals surface area contributed by atoms with Crippen molar-refractivity contribution in [2.75, 3.05) is 63.4 Å². The first-order valence-corrected chi connectivity index (χ1v) is 26.2. The van der Waals surface area contributed by atoms with Gasteiger partial charge in [-0.15, -0.1) is 5.10 Å². The molecule has 4 heterocycles. The zero-order valence-electron chi connectivity index (χ0n) is 43.6. The third-order valence-corrected chi connectivity index (χ3v) is 12.8. The Morgan fingerprint density at radius 1 is 0.658 bits per heavy atom. The summed E-state index contributed by atoms with van der Waals surface area (Å²) < 4.78 is 31.2. The predicted molar refractivity (Wildman–Crippen MR) is 284 cm³/mol. The summed E-state index contributed by atoms with van der Waals surface area (Å²) in [6, 6.07) is 26.3. The number of benzene rings is 3. The SMILES string of the molecule is O=C(CCOCCOCCOCCN1C(=O)C=CC1=O)NCCC(=O)Nc1cc(C[n+]2cccc(-c3cn(CCCCCCCC(=O)Nc4ccccc4-c4ccccc4)nn3)c2)ccc1O[C@@H]1O[C@H](C(=O)O)[C@@H](O)[C@H](O)[C@H]1O. The lowest BCUT2D eigenvalue weighted by Gasteiger charge is -2.38. The van der Waals surface area contributed by atoms with Crippen LogP contribution in [0.2, 0.25) is 0 Å². The minimum absolute atomic E-state index is 0.00420. The molecule has 7 rings (SSSR count). The van der Waals surface area contributed by atoms with Crippen molar-refractivity contribution in [2.24, 2.45) is 0 Å². The summed E-state index contributed by atoms with van der Waals surface area (Å²) in [7, 11) is 0. The number of carboxylic acids is 1. The Morgan fingerprint density at radius 2 is 1.33 bits per heavy atom. The van der Waals surface area contributed by atoms with E-state index in [9.17, 15) is 49.2 Å². The monoisotopic (exact) mass is 1090 g/mol. The molecule has 0 bridgehead atoms. The number of carbonyl (C=O) groups is 6. The van der Waals surface area contributed by atoms with Gasteiger partial charge in [0.15, 0.2) is 25.0 Å². The molecule has 2 aliphatic rings. The Balaban J connectivity index is 0.845. The number of aromatic nitrogens is 4. The van der Waals surface area contributed by atoms with Gasteiger partial charge in [-0.3, -0.25) is 33.6 Å². The highest BCUT2D eigenvalue weighted by atomic mass is 16.7. The second-order valence-electron chi connectivity index (χ2n) is 18.7. The maximum absolute atomic E-state index is 13.3. The summed E-state index contributed by atoms with van der Waals surface area (Å²) in [5.74, 6) is -3.27. The number of hydrogen-bond acceptors (Lipinski definition) is 16. The van der Waals surface area contributed by atoms with Crippen molar-refractivity contribution in [1.29, 1.82) is 0 Å². The fraction of sp³-hybridized carbons (Fsp3) is 0.411. The molecule has 7 N–H and O–H groups in total. The van der Waals surface area contributed by atoms with Crippen LogP contribution in [0.25, 0.3) is 22.4 Å². The quantitative estimate of drug-likeness (QED) is 0.0185. The van der Waals surface area contributed by atoms with Gasteiger partial charge in [0.05, 0.1) is 63.6 Å². The number of anilines is 2. The van der Waals surface area contributed by atoms with Crippen LogP contribution < -0.4 is 25.3 Å². The lowest BCUT2D eigenvalue weighted by molar-refractivity contribution is -0.687. The molecule has 0 unspecified atom stereocenters. The maximum Gasteiger partial charge on any atom is 0.335 e. The number of nitrogens with one attached hydrogen (secondary N) is 3. The molecule has 420 valence electrons. The molecule has 23 nitrogen and oxygen atoms in total. The zero-order chi connectivity index (χ0) is 55.9. The molecule has 23 heteroatoms. The van der Waals surface area contributed by atoms with Crippen LogP contribution in [0, 0.1) is 0 Å². The number of aryl methyl sites for hydroxylation is 1. The van der Waals surface area contributed by atoms with Crippen LogP contribution in [0.5, 0.6) is 5.75 Å². The number of aliphatic carboxylic acids is 1. The molecule has 2 aliphatic heterocycles. The van der Waals surface area contributed by atoms with Gasteiger partial charge in [0, 0.05) is 67.4 Å². The van der Waals surface area contributed by atoms with Crippen LogP contribution in [-0.2, 0) is 60.8 Å². The third kappa shape index (κ3) is 18.1. The van der Waals surface area contributed by atoms with Gasteiger partial charge in [0.1, 0.15) is 29.8 Å². The average molecular weight is 1090 g/mol. The summed E-state index contributed by atoms with van der Waals surface area (Å²) in [6.07, 6.45) is 3.50. The number of para-hydroxylation sites is 1. The molecule has 0 radical (unpaired) electrons. The summed E-state index contributed by atoms with van der Waals surface area (Å²) in [4.78, 5) is 74.6. The van der Waals surface area contributed by atoms with E-state index >= 15 is 0 Å². The number of aliphatic hydroxyl groups excluding tert-OH is 3. The molecule has 5 amide bonds. The Hall–Kier alpha value is -7.77. The Morgan fingerprint density at radius 3 is 2.10 bits per heavy atom. The number of hydrogen-bond donors (Lipinski definition) is 7. The van der Waals surface area contributed by atoms with E-state index in [1.807, 2.05) is 89.9 Å². The maximum atomic E-state index is 13.3. The van der Waals surface area contributed by atoms with E-state index in [2.05, 4.69) is 26.3 Å². The topological polar surface area (TPSA) is 303 Å². The first kappa shape index (κ1) is 58.9. The van der Waals surface area contributed by atoms with E-state index in [4.69, 9.17) is 23.7 Å². The summed E-state index contributed by atoms with van der Waals surface area (Å²) >= 11 is 0. The van der Waals surface area contributed by atoms with Crippen molar-refractivity contribution < 1.29 is 77.4 Å². The molecule has 0 saturated carbocycles. The molecule has 5 atom stereocenters. The fourth-order valence-electron chi connectivity index (χ4n) is 8.57. The lowest BCUT2D eigenvalue weighted by Crippen LogP contribution is -2.61. The van der Waals surface area contributed by atoms with E-state index < -0.39 is 42.6 Å². The number of nitrogens with zero attached hydrogens (tertiary/aromatic N) is 5. The normalized spacial score (nSPS) is 17.9. The van der Waals surface area contributed by atoms with Crippen molar-refractivity contribution in [1.82, 2.24) is 25.2 Å². The number of carbonyl (C=O) groups excluding carboxylic acids is 5. The molecule has 5 aromatic rings. The van der Waals surface area contributed by atoms with Crippen LogP contribution >= 0.6 is 0 Å². The highest BCUT2D eigenvalue weighted by molar-refractivity contribution is 6.12. The van der Waals surface area contributed by atoms with Gasteiger partial charge in [0.25, 0.3) is 11.8 Å². The van der Waals surface area contributed by atoms with Crippen molar-refractivity contribution in [3.63, 3.8) is 0 Å². The molecular formula is C56H67N8O15+. The Kier molecular flexibility index (Phi) is 22.7. The van der Waals surface area contributed by atoms with Gasteiger partial charge in [0.2, 0.25) is 24.0 Å². The van der Waals surface area contributed by atoms with Gasteiger partial charge >= 0.3 is 5.97 Å². The van der Waals surface area contributed by atoms with E-state index in [-0.39, 0.29) is 101 Å².